The van der Waals surface area contributed by atoms with E-state index in [-0.39, 0.29) is 17.5 Å². The summed E-state index contributed by atoms with van der Waals surface area (Å²) in [5.74, 6) is 0.0937. The molecule has 1 aromatic rings. The Bertz CT molecular complexity index is 376. The van der Waals surface area contributed by atoms with Crippen molar-refractivity contribution in [3.8, 4) is 0 Å². The summed E-state index contributed by atoms with van der Waals surface area (Å²) in [5, 5.41) is 0. The predicted octanol–water partition coefficient (Wildman–Crippen LogP) is 2.80. The summed E-state index contributed by atoms with van der Waals surface area (Å²) < 4.78 is 5.31. The third-order valence-electron chi connectivity index (χ3n) is 3.07. The zero-order valence-electron chi connectivity index (χ0n) is 9.41. The van der Waals surface area contributed by atoms with Gasteiger partial charge in [0.05, 0.1) is 6.42 Å². The molecule has 1 aromatic carbocycles. The van der Waals surface area contributed by atoms with Crippen LogP contribution in [0.4, 0.5) is 0 Å². The summed E-state index contributed by atoms with van der Waals surface area (Å²) in [6.07, 6.45) is 0.496. The van der Waals surface area contributed by atoms with Crippen molar-refractivity contribution in [2.75, 3.05) is 0 Å². The molecule has 0 saturated carbocycles. The topological polar surface area (TPSA) is 26.3 Å². The van der Waals surface area contributed by atoms with Gasteiger partial charge in [-0.2, -0.15) is 0 Å². The minimum Gasteiger partial charge on any atom is -0.459 e. The van der Waals surface area contributed by atoms with Crippen molar-refractivity contribution in [1.82, 2.24) is 0 Å². The number of benzene rings is 1. The Kier molecular flexibility index (Phi) is 2.29. The Morgan fingerprint density at radius 1 is 1.27 bits per heavy atom. The number of cyclic esters (lactones) is 1. The lowest BCUT2D eigenvalue weighted by molar-refractivity contribution is -0.146. The van der Waals surface area contributed by atoms with Gasteiger partial charge in [0.15, 0.2) is 0 Å². The van der Waals surface area contributed by atoms with Gasteiger partial charge in [-0.3, -0.25) is 4.79 Å². The van der Waals surface area contributed by atoms with Gasteiger partial charge in [0, 0.05) is 5.92 Å². The van der Waals surface area contributed by atoms with Crippen LogP contribution in [0.15, 0.2) is 24.3 Å². The smallest absolute Gasteiger partial charge is 0.307 e. The van der Waals surface area contributed by atoms with Crippen LogP contribution in [0.25, 0.3) is 0 Å². The largest absolute Gasteiger partial charge is 0.459 e. The SMILES string of the molecule is Cc1ccc(C2CC(=O)OC2(C)C)cc1. The van der Waals surface area contributed by atoms with E-state index < -0.39 is 0 Å². The van der Waals surface area contributed by atoms with E-state index in [2.05, 4.69) is 31.2 Å². The van der Waals surface area contributed by atoms with Crippen molar-refractivity contribution >= 4 is 5.97 Å². The second-order valence-corrected chi connectivity index (χ2v) is 4.74. The molecule has 80 valence electrons. The van der Waals surface area contributed by atoms with Crippen molar-refractivity contribution in [2.45, 2.75) is 38.7 Å². The van der Waals surface area contributed by atoms with Gasteiger partial charge in [0.1, 0.15) is 5.60 Å². The molecule has 0 spiro atoms. The molecule has 2 heteroatoms. The molecule has 1 atom stereocenters. The molecule has 0 N–H and O–H groups in total. The highest BCUT2D eigenvalue weighted by Crippen LogP contribution is 2.40. The van der Waals surface area contributed by atoms with Gasteiger partial charge in [0.2, 0.25) is 0 Å². The minimum absolute atomic E-state index is 0.0921. The molecule has 2 nitrogen and oxygen atoms in total. The number of carbonyl (C=O) groups excluding carboxylic acids is 1. The molecule has 1 fully saturated rings. The van der Waals surface area contributed by atoms with Gasteiger partial charge >= 0.3 is 5.97 Å². The van der Waals surface area contributed by atoms with Gasteiger partial charge in [-0.1, -0.05) is 29.8 Å². The predicted molar refractivity (Wildman–Crippen MR) is 58.7 cm³/mol. The lowest BCUT2D eigenvalue weighted by Crippen LogP contribution is -2.25. The maximum atomic E-state index is 11.3. The first-order chi connectivity index (χ1) is 6.99. The summed E-state index contributed by atoms with van der Waals surface area (Å²) in [4.78, 5) is 11.3. The molecule has 0 radical (unpaired) electrons. The monoisotopic (exact) mass is 204 g/mol. The highest BCUT2D eigenvalue weighted by Gasteiger charge is 2.42. The highest BCUT2D eigenvalue weighted by molar-refractivity contribution is 5.74. The molecule has 0 amide bonds. The number of aryl methyl sites for hydroxylation is 1. The molecule has 0 aromatic heterocycles. The number of rotatable bonds is 1. The fourth-order valence-electron chi connectivity index (χ4n) is 2.14. The number of esters is 1. The third-order valence-corrected chi connectivity index (χ3v) is 3.07. The summed E-state index contributed by atoms with van der Waals surface area (Å²) in [6, 6.07) is 8.33. The summed E-state index contributed by atoms with van der Waals surface area (Å²) >= 11 is 0. The summed E-state index contributed by atoms with van der Waals surface area (Å²) in [7, 11) is 0. The van der Waals surface area contributed by atoms with E-state index in [1.807, 2.05) is 13.8 Å². The molecule has 1 heterocycles. The van der Waals surface area contributed by atoms with Gasteiger partial charge < -0.3 is 4.74 Å². The summed E-state index contributed by atoms with van der Waals surface area (Å²) in [6.45, 7) is 6.01. The molecule has 0 aliphatic carbocycles. The zero-order chi connectivity index (χ0) is 11.1. The van der Waals surface area contributed by atoms with E-state index in [0.717, 1.165) is 0 Å². The van der Waals surface area contributed by atoms with Crippen molar-refractivity contribution in [3.05, 3.63) is 35.4 Å². The molecule has 1 aliphatic heterocycles. The Hall–Kier alpha value is -1.31. The van der Waals surface area contributed by atoms with Gasteiger partial charge in [-0.05, 0) is 26.3 Å². The van der Waals surface area contributed by atoms with Gasteiger partial charge in [-0.25, -0.2) is 0 Å². The number of carbonyl (C=O) groups is 1. The standard InChI is InChI=1S/C13H16O2/c1-9-4-6-10(7-5-9)11-8-12(14)15-13(11,2)3/h4-7,11H,8H2,1-3H3. The normalized spacial score (nSPS) is 23.9. The lowest BCUT2D eigenvalue weighted by atomic mass is 9.84. The quantitative estimate of drug-likeness (QED) is 0.657. The molecule has 2 rings (SSSR count). The van der Waals surface area contributed by atoms with Crippen LogP contribution < -0.4 is 0 Å². The highest BCUT2D eigenvalue weighted by atomic mass is 16.6. The minimum atomic E-state index is -0.369. The maximum absolute atomic E-state index is 11.3. The third kappa shape index (κ3) is 1.89. The number of hydrogen-bond donors (Lipinski definition) is 0. The second kappa shape index (κ2) is 3.37. The van der Waals surface area contributed by atoms with Crippen LogP contribution >= 0.6 is 0 Å². The van der Waals surface area contributed by atoms with Gasteiger partial charge in [0.25, 0.3) is 0 Å². The van der Waals surface area contributed by atoms with Crippen LogP contribution in [-0.2, 0) is 9.53 Å². The van der Waals surface area contributed by atoms with E-state index >= 15 is 0 Å². The molecular formula is C13H16O2. The maximum Gasteiger partial charge on any atom is 0.307 e. The van der Waals surface area contributed by atoms with Crippen LogP contribution in [0.3, 0.4) is 0 Å². The first-order valence-corrected chi connectivity index (χ1v) is 5.27. The van der Waals surface area contributed by atoms with Crippen molar-refractivity contribution < 1.29 is 9.53 Å². The van der Waals surface area contributed by atoms with Crippen molar-refractivity contribution in [1.29, 1.82) is 0 Å². The van der Waals surface area contributed by atoms with E-state index in [1.54, 1.807) is 0 Å². The number of ether oxygens (including phenoxy) is 1. The van der Waals surface area contributed by atoms with Crippen LogP contribution in [0.1, 0.15) is 37.3 Å². The van der Waals surface area contributed by atoms with Crippen LogP contribution in [0, 0.1) is 6.92 Å². The fourth-order valence-corrected chi connectivity index (χ4v) is 2.14. The second-order valence-electron chi connectivity index (χ2n) is 4.74. The fraction of sp³-hybridized carbons (Fsp3) is 0.462. The Morgan fingerprint density at radius 3 is 2.33 bits per heavy atom. The molecule has 1 unspecified atom stereocenters. The van der Waals surface area contributed by atoms with Crippen molar-refractivity contribution in [2.24, 2.45) is 0 Å². The molecule has 0 bridgehead atoms. The first kappa shape index (κ1) is 10.2. The first-order valence-electron chi connectivity index (χ1n) is 5.27. The lowest BCUT2D eigenvalue weighted by Gasteiger charge is -2.24. The van der Waals surface area contributed by atoms with E-state index in [0.29, 0.717) is 6.42 Å². The van der Waals surface area contributed by atoms with E-state index in [4.69, 9.17) is 4.74 Å². The summed E-state index contributed by atoms with van der Waals surface area (Å²) in [5.41, 5.74) is 2.06. The average Bonchev–Trinajstić information content (AvgIpc) is 2.41. The Balaban J connectivity index is 2.31. The van der Waals surface area contributed by atoms with Crippen LogP contribution in [0.2, 0.25) is 0 Å². The average molecular weight is 204 g/mol. The van der Waals surface area contributed by atoms with Crippen LogP contribution in [-0.4, -0.2) is 11.6 Å². The molecule has 15 heavy (non-hydrogen) atoms. The van der Waals surface area contributed by atoms with E-state index in [1.165, 1.54) is 11.1 Å². The Morgan fingerprint density at radius 2 is 1.87 bits per heavy atom. The Labute approximate surface area is 90.3 Å². The van der Waals surface area contributed by atoms with Crippen LogP contribution in [0.5, 0.6) is 0 Å². The number of hydrogen-bond acceptors (Lipinski definition) is 2. The van der Waals surface area contributed by atoms with Crippen molar-refractivity contribution in [3.63, 3.8) is 0 Å². The molecule has 1 aliphatic rings. The molecular weight excluding hydrogens is 188 g/mol. The zero-order valence-corrected chi connectivity index (χ0v) is 9.41. The van der Waals surface area contributed by atoms with E-state index in [9.17, 15) is 4.79 Å². The molecule has 1 saturated heterocycles. The van der Waals surface area contributed by atoms with Gasteiger partial charge in [-0.15, -0.1) is 0 Å².